The van der Waals surface area contributed by atoms with Crippen molar-refractivity contribution in [3.05, 3.63) is 48.0 Å². The molecule has 2 atom stereocenters. The van der Waals surface area contributed by atoms with Gasteiger partial charge in [0.1, 0.15) is 6.23 Å². The van der Waals surface area contributed by atoms with Gasteiger partial charge in [0.15, 0.2) is 0 Å². The first-order valence-corrected chi connectivity index (χ1v) is 13.7. The van der Waals surface area contributed by atoms with Gasteiger partial charge in [-0.25, -0.2) is 8.42 Å². The molecule has 2 aromatic rings. The SMILES string of the molecule is C#CCNC(O)CCCCN(C1CCN([C@H](C)c2cccc3ccccc23)CC1)S(C)(=O)=O. The Kier molecular flexibility index (Phi) is 9.30. The minimum atomic E-state index is -3.29. The van der Waals surface area contributed by atoms with Crippen LogP contribution in [0.15, 0.2) is 42.5 Å². The summed E-state index contributed by atoms with van der Waals surface area (Å²) in [4.78, 5) is 2.46. The summed E-state index contributed by atoms with van der Waals surface area (Å²) >= 11 is 0. The number of sulfonamides is 1. The highest BCUT2D eigenvalue weighted by Gasteiger charge is 2.31. The van der Waals surface area contributed by atoms with Crippen LogP contribution in [0.5, 0.6) is 0 Å². The minimum Gasteiger partial charge on any atom is -0.379 e. The number of rotatable bonds is 11. The number of fused-ring (bicyclic) bond motifs is 1. The number of piperidine rings is 1. The van der Waals surface area contributed by atoms with Gasteiger partial charge in [0.2, 0.25) is 10.0 Å². The lowest BCUT2D eigenvalue weighted by molar-refractivity contribution is 0.119. The predicted molar refractivity (Wildman–Crippen MR) is 135 cm³/mol. The fraction of sp³-hybridized carbons (Fsp3) is 0.538. The number of terminal acetylenes is 1. The second-order valence-corrected chi connectivity index (χ2v) is 10.9. The van der Waals surface area contributed by atoms with Crippen molar-refractivity contribution < 1.29 is 13.5 Å². The van der Waals surface area contributed by atoms with E-state index in [-0.39, 0.29) is 12.1 Å². The molecule has 0 radical (unpaired) electrons. The van der Waals surface area contributed by atoms with Gasteiger partial charge in [-0.3, -0.25) is 10.2 Å². The minimum absolute atomic E-state index is 0.0282. The zero-order valence-corrected chi connectivity index (χ0v) is 20.6. The van der Waals surface area contributed by atoms with Crippen LogP contribution in [0.3, 0.4) is 0 Å². The van der Waals surface area contributed by atoms with Crippen LogP contribution in [0.25, 0.3) is 10.8 Å². The van der Waals surface area contributed by atoms with Gasteiger partial charge in [-0.05, 0) is 55.4 Å². The van der Waals surface area contributed by atoms with Crippen LogP contribution in [-0.2, 0) is 10.0 Å². The van der Waals surface area contributed by atoms with Crippen molar-refractivity contribution in [1.29, 1.82) is 0 Å². The highest BCUT2D eigenvalue weighted by atomic mass is 32.2. The van der Waals surface area contributed by atoms with E-state index in [1.54, 1.807) is 4.31 Å². The quantitative estimate of drug-likeness (QED) is 0.299. The molecule has 2 aromatic carbocycles. The van der Waals surface area contributed by atoms with E-state index in [1.807, 2.05) is 0 Å². The summed E-state index contributed by atoms with van der Waals surface area (Å²) in [7, 11) is -3.29. The largest absolute Gasteiger partial charge is 0.379 e. The summed E-state index contributed by atoms with van der Waals surface area (Å²) in [5.74, 6) is 2.44. The number of nitrogens with zero attached hydrogens (tertiary/aromatic N) is 2. The summed E-state index contributed by atoms with van der Waals surface area (Å²) in [5.41, 5.74) is 1.32. The average molecular weight is 472 g/mol. The molecule has 0 spiro atoms. The third-order valence-electron chi connectivity index (χ3n) is 6.70. The zero-order valence-electron chi connectivity index (χ0n) is 19.8. The van der Waals surface area contributed by atoms with E-state index in [0.717, 1.165) is 32.4 Å². The molecule has 180 valence electrons. The maximum absolute atomic E-state index is 12.5. The highest BCUT2D eigenvalue weighted by Crippen LogP contribution is 2.31. The number of hydrogen-bond acceptors (Lipinski definition) is 5. The number of likely N-dealkylation sites (tertiary alicyclic amines) is 1. The van der Waals surface area contributed by atoms with Gasteiger partial charge < -0.3 is 5.11 Å². The second-order valence-electron chi connectivity index (χ2n) is 8.98. The number of benzene rings is 2. The Morgan fingerprint density at radius 1 is 1.18 bits per heavy atom. The molecular weight excluding hydrogens is 434 g/mol. The average Bonchev–Trinajstić information content (AvgIpc) is 2.81. The summed E-state index contributed by atoms with van der Waals surface area (Å²) in [6.07, 6.45) is 9.51. The number of unbranched alkanes of at least 4 members (excludes halogenated alkanes) is 1. The first-order valence-electron chi connectivity index (χ1n) is 11.8. The Morgan fingerprint density at radius 2 is 1.88 bits per heavy atom. The molecule has 6 nitrogen and oxygen atoms in total. The van der Waals surface area contributed by atoms with E-state index in [2.05, 4.69) is 65.5 Å². The molecule has 0 aromatic heterocycles. The fourth-order valence-corrected chi connectivity index (χ4v) is 6.09. The maximum Gasteiger partial charge on any atom is 0.211 e. The molecule has 1 heterocycles. The summed E-state index contributed by atoms with van der Waals surface area (Å²) in [5, 5.41) is 15.2. The van der Waals surface area contributed by atoms with Gasteiger partial charge in [-0.15, -0.1) is 6.42 Å². The summed E-state index contributed by atoms with van der Waals surface area (Å²) in [6, 6.07) is 15.2. The van der Waals surface area contributed by atoms with E-state index in [4.69, 9.17) is 6.42 Å². The van der Waals surface area contributed by atoms with Crippen LogP contribution in [0.1, 0.15) is 50.6 Å². The van der Waals surface area contributed by atoms with Crippen LogP contribution in [0.2, 0.25) is 0 Å². The molecule has 0 aliphatic carbocycles. The molecule has 3 rings (SSSR count). The van der Waals surface area contributed by atoms with Crippen molar-refractivity contribution in [2.75, 3.05) is 32.4 Å². The maximum atomic E-state index is 12.5. The van der Waals surface area contributed by atoms with E-state index in [0.29, 0.717) is 25.9 Å². The molecule has 1 saturated heterocycles. The molecule has 1 aliphatic heterocycles. The second kappa shape index (κ2) is 12.0. The zero-order chi connectivity index (χ0) is 23.8. The molecule has 1 unspecified atom stereocenters. The lowest BCUT2D eigenvalue weighted by atomic mass is 9.96. The molecule has 0 amide bonds. The molecular formula is C26H37N3O3S. The van der Waals surface area contributed by atoms with Gasteiger partial charge in [0.05, 0.1) is 12.8 Å². The molecule has 0 saturated carbocycles. The summed E-state index contributed by atoms with van der Waals surface area (Å²) < 4.78 is 26.7. The molecule has 1 aliphatic rings. The van der Waals surface area contributed by atoms with Crippen LogP contribution in [0.4, 0.5) is 0 Å². The Balaban J connectivity index is 1.56. The smallest absolute Gasteiger partial charge is 0.211 e. The Hall–Kier alpha value is -1.95. The normalized spacial score (nSPS) is 17.8. The van der Waals surface area contributed by atoms with E-state index in [9.17, 15) is 13.5 Å². The van der Waals surface area contributed by atoms with Crippen molar-refractivity contribution in [2.24, 2.45) is 0 Å². The van der Waals surface area contributed by atoms with E-state index < -0.39 is 16.3 Å². The van der Waals surface area contributed by atoms with Crippen LogP contribution < -0.4 is 5.32 Å². The number of aliphatic hydroxyl groups excluding tert-OH is 1. The molecule has 7 heteroatoms. The standard InChI is InChI=1S/C26H37N3O3S/c1-4-17-27-26(30)14-7-8-18-29(33(3,31)32)23-15-19-28(20-16-23)21(2)24-13-9-11-22-10-5-6-12-25(22)24/h1,5-6,9-13,21,23,26-27,30H,7-8,14-20H2,2-3H3/t21-,26?/m1/s1. The highest BCUT2D eigenvalue weighted by molar-refractivity contribution is 7.88. The third-order valence-corrected chi connectivity index (χ3v) is 8.03. The Labute approximate surface area is 199 Å². The first-order chi connectivity index (χ1) is 15.8. The fourth-order valence-electron chi connectivity index (χ4n) is 4.88. The summed E-state index contributed by atoms with van der Waals surface area (Å²) in [6.45, 7) is 4.80. The van der Waals surface area contributed by atoms with Crippen LogP contribution >= 0.6 is 0 Å². The van der Waals surface area contributed by atoms with Gasteiger partial charge in [-0.1, -0.05) is 48.4 Å². The number of nitrogens with one attached hydrogen (secondary N) is 1. The monoisotopic (exact) mass is 471 g/mol. The van der Waals surface area contributed by atoms with Crippen molar-refractivity contribution in [3.63, 3.8) is 0 Å². The lowest BCUT2D eigenvalue weighted by Crippen LogP contribution is -2.47. The van der Waals surface area contributed by atoms with Gasteiger partial charge in [0.25, 0.3) is 0 Å². The van der Waals surface area contributed by atoms with Crippen molar-refractivity contribution >= 4 is 20.8 Å². The van der Waals surface area contributed by atoms with Crippen molar-refractivity contribution in [1.82, 2.24) is 14.5 Å². The van der Waals surface area contributed by atoms with Gasteiger partial charge >= 0.3 is 0 Å². The lowest BCUT2D eigenvalue weighted by Gasteiger charge is -2.40. The van der Waals surface area contributed by atoms with Gasteiger partial charge in [-0.2, -0.15) is 4.31 Å². The number of aliphatic hydroxyl groups is 1. The molecule has 33 heavy (non-hydrogen) atoms. The first kappa shape index (κ1) is 25.7. The van der Waals surface area contributed by atoms with Crippen LogP contribution in [-0.4, -0.2) is 67.4 Å². The predicted octanol–water partition coefficient (Wildman–Crippen LogP) is 3.34. The molecule has 1 fully saturated rings. The Morgan fingerprint density at radius 3 is 2.58 bits per heavy atom. The van der Waals surface area contributed by atoms with Crippen LogP contribution in [0, 0.1) is 12.3 Å². The molecule has 2 N–H and O–H groups in total. The van der Waals surface area contributed by atoms with Crippen molar-refractivity contribution in [3.8, 4) is 12.3 Å². The van der Waals surface area contributed by atoms with E-state index in [1.165, 1.54) is 22.6 Å². The topological polar surface area (TPSA) is 72.9 Å². The third kappa shape index (κ3) is 7.02. The number of hydrogen-bond donors (Lipinski definition) is 2. The van der Waals surface area contributed by atoms with E-state index >= 15 is 0 Å². The van der Waals surface area contributed by atoms with Gasteiger partial charge in [0, 0.05) is 31.7 Å². The molecule has 0 bridgehead atoms. The van der Waals surface area contributed by atoms with Crippen molar-refractivity contribution in [2.45, 2.75) is 57.3 Å². The Bertz CT molecular complexity index is 1040.